The normalized spacial score (nSPS) is 14.0. The zero-order valence-electron chi connectivity index (χ0n) is 39.2. The molecule has 0 saturated heterocycles. The Hall–Kier alpha value is -5.23. The fraction of sp³-hybridized carbons (Fsp3) is 0.436. The number of carbonyl (C=O) groups is 1. The van der Waals surface area contributed by atoms with Crippen LogP contribution in [0.5, 0.6) is 23.0 Å². The maximum Gasteiger partial charge on any atom is 0.258 e. The van der Waals surface area contributed by atoms with E-state index in [1.165, 1.54) is 0 Å². The second kappa shape index (κ2) is 16.9. The quantitative estimate of drug-likeness (QED) is 0.156. The highest BCUT2D eigenvalue weighted by Gasteiger charge is 2.28. The Labute approximate surface area is 365 Å². The highest BCUT2D eigenvalue weighted by Crippen LogP contribution is 2.43. The van der Waals surface area contributed by atoms with Crippen LogP contribution in [0, 0.1) is 0 Å². The Morgan fingerprint density at radius 3 is 1.20 bits per heavy atom. The van der Waals surface area contributed by atoms with Gasteiger partial charge in [-0.05, 0) is 101 Å². The largest absolute Gasteiger partial charge is 0.507 e. The molecule has 1 aliphatic rings. The van der Waals surface area contributed by atoms with Gasteiger partial charge in [0.2, 0.25) is 0 Å². The van der Waals surface area contributed by atoms with Gasteiger partial charge in [-0.3, -0.25) is 4.79 Å². The van der Waals surface area contributed by atoms with Crippen LogP contribution in [0.1, 0.15) is 168 Å². The summed E-state index contributed by atoms with van der Waals surface area (Å²) in [6, 6.07) is 27.1. The summed E-state index contributed by atoms with van der Waals surface area (Å²) >= 11 is 0. The van der Waals surface area contributed by atoms with Crippen LogP contribution in [-0.4, -0.2) is 29.8 Å². The molecule has 8 bridgehead atoms. The molecule has 0 heterocycles. The maximum absolute atomic E-state index is 13.7. The van der Waals surface area contributed by atoms with E-state index < -0.39 is 0 Å². The van der Waals surface area contributed by atoms with Crippen molar-refractivity contribution in [3.05, 3.63) is 151 Å². The number of amides is 1. The molecule has 3 N–H and O–H groups in total. The van der Waals surface area contributed by atoms with E-state index in [4.69, 9.17) is 9.47 Å². The second-order valence-electron chi connectivity index (χ2n) is 21.4. The van der Waals surface area contributed by atoms with Gasteiger partial charge in [-0.25, -0.2) is 0 Å². The molecular weight excluding hydrogens is 755 g/mol. The molecule has 6 rings (SSSR count). The van der Waals surface area contributed by atoms with Crippen LogP contribution in [0.15, 0.2) is 78.9 Å². The molecule has 0 radical (unpaired) electrons. The lowest BCUT2D eigenvalue weighted by Crippen LogP contribution is -2.31. The standard InChI is InChI=1S/C55H69NO5/c1-33(34-18-16-15-17-19-34)56-47(57)32-61-51-41-22-38-27-44(53(5,6)7)25-36(49(38)59)20-35-24-43(52(2,3)4)26-37(48(35)58)21-39-28-45(54(8,9)10)29-40(50(39)60-14)23-42(51)31-46(30-41)55(11,12)13/h15-19,24-31,33,58-59H,20-23,32H2,1-14H3,(H,56,57). The number of methoxy groups -OCH3 is 1. The molecule has 0 aromatic heterocycles. The number of rotatable bonds is 6. The van der Waals surface area contributed by atoms with E-state index in [2.05, 4.69) is 137 Å². The van der Waals surface area contributed by atoms with E-state index in [0.29, 0.717) is 31.4 Å². The second-order valence-corrected chi connectivity index (χ2v) is 21.4. The molecule has 0 saturated carbocycles. The molecule has 5 aromatic rings. The van der Waals surface area contributed by atoms with Gasteiger partial charge in [-0.2, -0.15) is 0 Å². The van der Waals surface area contributed by atoms with Crippen molar-refractivity contribution in [1.82, 2.24) is 5.32 Å². The predicted molar refractivity (Wildman–Crippen MR) is 250 cm³/mol. The van der Waals surface area contributed by atoms with Crippen molar-refractivity contribution < 1.29 is 24.5 Å². The lowest BCUT2D eigenvalue weighted by molar-refractivity contribution is -0.123. The highest BCUT2D eigenvalue weighted by atomic mass is 16.5. The first-order valence-corrected chi connectivity index (χ1v) is 21.9. The third-order valence-corrected chi connectivity index (χ3v) is 12.2. The number of nitrogens with one attached hydrogen (secondary N) is 1. The van der Waals surface area contributed by atoms with E-state index in [1.807, 2.05) is 37.3 Å². The Morgan fingerprint density at radius 2 is 0.852 bits per heavy atom. The average Bonchev–Trinajstić information content (AvgIpc) is 3.15. The summed E-state index contributed by atoms with van der Waals surface area (Å²) in [6.07, 6.45) is 1.61. The van der Waals surface area contributed by atoms with Crippen LogP contribution >= 0.6 is 0 Å². The van der Waals surface area contributed by atoms with Gasteiger partial charge in [0.05, 0.1) is 13.2 Å². The molecule has 1 amide bonds. The Kier molecular flexibility index (Phi) is 12.6. The lowest BCUT2D eigenvalue weighted by Gasteiger charge is -2.28. The number of fused-ring (bicyclic) bond motifs is 8. The van der Waals surface area contributed by atoms with Crippen LogP contribution < -0.4 is 14.8 Å². The first kappa shape index (κ1) is 45.3. The first-order valence-electron chi connectivity index (χ1n) is 21.9. The van der Waals surface area contributed by atoms with Crippen molar-refractivity contribution in [2.45, 2.75) is 143 Å². The van der Waals surface area contributed by atoms with E-state index in [9.17, 15) is 15.0 Å². The number of carbonyl (C=O) groups excluding carboxylic acids is 1. The molecular formula is C55H69NO5. The van der Waals surface area contributed by atoms with Gasteiger partial charge in [0, 0.05) is 25.7 Å². The van der Waals surface area contributed by atoms with Gasteiger partial charge in [0.15, 0.2) is 6.61 Å². The van der Waals surface area contributed by atoms with Crippen molar-refractivity contribution in [1.29, 1.82) is 0 Å². The summed E-state index contributed by atoms with van der Waals surface area (Å²) in [6.45, 7) is 28.2. The summed E-state index contributed by atoms with van der Waals surface area (Å²) < 4.78 is 13.1. The number of benzene rings is 5. The highest BCUT2D eigenvalue weighted by molar-refractivity contribution is 5.78. The number of hydrogen-bond donors (Lipinski definition) is 3. The summed E-state index contributed by atoms with van der Waals surface area (Å²) in [5.41, 5.74) is 11.5. The molecule has 0 aliphatic heterocycles. The van der Waals surface area contributed by atoms with E-state index in [0.717, 1.165) is 78.1 Å². The monoisotopic (exact) mass is 824 g/mol. The third kappa shape index (κ3) is 10.3. The van der Waals surface area contributed by atoms with Gasteiger partial charge < -0.3 is 25.0 Å². The smallest absolute Gasteiger partial charge is 0.258 e. The van der Waals surface area contributed by atoms with Gasteiger partial charge >= 0.3 is 0 Å². The van der Waals surface area contributed by atoms with Crippen molar-refractivity contribution >= 4 is 5.91 Å². The summed E-state index contributed by atoms with van der Waals surface area (Å²) in [7, 11) is 1.73. The minimum Gasteiger partial charge on any atom is -0.507 e. The summed E-state index contributed by atoms with van der Waals surface area (Å²) in [5.74, 6) is 1.62. The molecule has 1 aliphatic carbocycles. The van der Waals surface area contributed by atoms with Gasteiger partial charge in [0.25, 0.3) is 5.91 Å². The van der Waals surface area contributed by atoms with Gasteiger partial charge in [0.1, 0.15) is 23.0 Å². The number of phenolic OH excluding ortho intramolecular Hbond substituents is 2. The van der Waals surface area contributed by atoms with Crippen molar-refractivity contribution in [2.75, 3.05) is 13.7 Å². The summed E-state index contributed by atoms with van der Waals surface area (Å²) in [4.78, 5) is 13.7. The van der Waals surface area contributed by atoms with Crippen molar-refractivity contribution in [3.8, 4) is 23.0 Å². The summed E-state index contributed by atoms with van der Waals surface area (Å²) in [5, 5.41) is 27.7. The Bertz CT molecular complexity index is 2420. The van der Waals surface area contributed by atoms with Crippen LogP contribution in [0.2, 0.25) is 0 Å². The average molecular weight is 824 g/mol. The number of phenols is 2. The molecule has 324 valence electrons. The van der Waals surface area contributed by atoms with E-state index >= 15 is 0 Å². The van der Waals surface area contributed by atoms with Crippen LogP contribution in [-0.2, 0) is 52.1 Å². The predicted octanol–water partition coefficient (Wildman–Crippen LogP) is 12.2. The fourth-order valence-electron chi connectivity index (χ4n) is 8.34. The van der Waals surface area contributed by atoms with E-state index in [-0.39, 0.29) is 51.7 Å². The molecule has 0 spiro atoms. The molecule has 6 nitrogen and oxygen atoms in total. The van der Waals surface area contributed by atoms with Crippen LogP contribution in [0.4, 0.5) is 0 Å². The topological polar surface area (TPSA) is 88.0 Å². The molecule has 6 heteroatoms. The number of aromatic hydroxyl groups is 2. The number of ether oxygens (including phenoxy) is 2. The minimum absolute atomic E-state index is 0.181. The Balaban J connectivity index is 1.64. The van der Waals surface area contributed by atoms with E-state index in [1.54, 1.807) is 7.11 Å². The minimum atomic E-state index is -0.228. The maximum atomic E-state index is 13.7. The molecule has 1 atom stereocenters. The van der Waals surface area contributed by atoms with Gasteiger partial charge in [-0.15, -0.1) is 0 Å². The third-order valence-electron chi connectivity index (χ3n) is 12.2. The molecule has 1 unspecified atom stereocenters. The fourth-order valence-corrected chi connectivity index (χ4v) is 8.34. The lowest BCUT2D eigenvalue weighted by atomic mass is 9.79. The van der Waals surface area contributed by atoms with Crippen LogP contribution in [0.3, 0.4) is 0 Å². The number of hydrogen-bond acceptors (Lipinski definition) is 5. The molecule has 5 aromatic carbocycles. The van der Waals surface area contributed by atoms with Gasteiger partial charge in [-0.1, -0.05) is 162 Å². The zero-order valence-corrected chi connectivity index (χ0v) is 39.2. The van der Waals surface area contributed by atoms with Crippen molar-refractivity contribution in [3.63, 3.8) is 0 Å². The molecule has 0 fully saturated rings. The molecule has 61 heavy (non-hydrogen) atoms. The first-order chi connectivity index (χ1) is 28.3. The SMILES string of the molecule is COc1c2cc(C(C)(C)C)cc1Cc1cc(C(C)(C)C)cc(c1OCC(=O)NC(C)c1ccccc1)Cc1cc(C(C)(C)C)cc(c1O)Cc1cc(C(C)(C)C)cc(c1O)C2. The zero-order chi connectivity index (χ0) is 44.8. The Morgan fingerprint density at radius 1 is 0.541 bits per heavy atom. The van der Waals surface area contributed by atoms with Crippen molar-refractivity contribution in [2.24, 2.45) is 0 Å². The van der Waals surface area contributed by atoms with Crippen LogP contribution in [0.25, 0.3) is 0 Å².